The first-order valence-corrected chi connectivity index (χ1v) is 10.0. The molecule has 2 N–H and O–H groups in total. The second-order valence-electron chi connectivity index (χ2n) is 6.20. The Labute approximate surface area is 158 Å². The van der Waals surface area contributed by atoms with E-state index in [1.54, 1.807) is 41.3 Å². The lowest BCUT2D eigenvalue weighted by Crippen LogP contribution is -2.50. The van der Waals surface area contributed by atoms with Gasteiger partial charge in [-0.05, 0) is 36.8 Å². The summed E-state index contributed by atoms with van der Waals surface area (Å²) >= 11 is 6.04. The maximum Gasteiger partial charge on any atom is 0.254 e. The molecule has 0 saturated carbocycles. The molecule has 138 valence electrons. The van der Waals surface area contributed by atoms with Crippen molar-refractivity contribution in [2.75, 3.05) is 31.9 Å². The van der Waals surface area contributed by atoms with Crippen LogP contribution in [-0.2, 0) is 10.0 Å². The summed E-state index contributed by atoms with van der Waals surface area (Å²) in [6.45, 7) is 2.93. The molecule has 1 heterocycles. The Hall–Kier alpha value is -2.09. The van der Waals surface area contributed by atoms with Crippen molar-refractivity contribution in [2.24, 2.45) is 0 Å². The summed E-state index contributed by atoms with van der Waals surface area (Å²) < 4.78 is 26.9. The summed E-state index contributed by atoms with van der Waals surface area (Å²) in [5.74, 6) is -0.135. The Morgan fingerprint density at radius 3 is 2.38 bits per heavy atom. The highest BCUT2D eigenvalue weighted by Gasteiger charge is 2.31. The van der Waals surface area contributed by atoms with Crippen LogP contribution in [0.1, 0.15) is 15.9 Å². The lowest BCUT2D eigenvalue weighted by molar-refractivity contribution is 0.0697. The molecular weight excluding hydrogens is 374 g/mol. The summed E-state index contributed by atoms with van der Waals surface area (Å²) in [7, 11) is -3.68. The maximum atomic E-state index is 12.8. The van der Waals surface area contributed by atoms with E-state index in [1.165, 1.54) is 10.4 Å². The molecule has 0 spiro atoms. The van der Waals surface area contributed by atoms with E-state index in [0.29, 0.717) is 24.3 Å². The van der Waals surface area contributed by atoms with Crippen molar-refractivity contribution < 1.29 is 13.2 Å². The molecule has 0 unspecified atom stereocenters. The number of nitrogens with zero attached hydrogens (tertiary/aromatic N) is 2. The van der Waals surface area contributed by atoms with E-state index in [1.807, 2.05) is 6.92 Å². The largest absolute Gasteiger partial charge is 0.399 e. The minimum Gasteiger partial charge on any atom is -0.399 e. The van der Waals surface area contributed by atoms with Crippen molar-refractivity contribution in [1.29, 1.82) is 0 Å². The summed E-state index contributed by atoms with van der Waals surface area (Å²) in [6, 6.07) is 11.6. The van der Waals surface area contributed by atoms with E-state index in [4.69, 9.17) is 17.3 Å². The molecule has 0 aromatic heterocycles. The first-order valence-electron chi connectivity index (χ1n) is 8.21. The minimum atomic E-state index is -3.68. The predicted octanol–water partition coefficient (Wildman–Crippen LogP) is 2.38. The SMILES string of the molecule is Cc1ccc(N)cc1C(=O)N1CCN(S(=O)(=O)c2ccccc2Cl)CC1. The molecule has 0 bridgehead atoms. The van der Waals surface area contributed by atoms with Crippen LogP contribution in [0.5, 0.6) is 0 Å². The summed E-state index contributed by atoms with van der Waals surface area (Å²) in [5, 5.41) is 0.196. The molecule has 8 heteroatoms. The van der Waals surface area contributed by atoms with E-state index < -0.39 is 10.0 Å². The van der Waals surface area contributed by atoms with Crippen LogP contribution in [0.2, 0.25) is 5.02 Å². The van der Waals surface area contributed by atoms with Crippen molar-refractivity contribution in [3.05, 3.63) is 58.6 Å². The van der Waals surface area contributed by atoms with Gasteiger partial charge in [-0.3, -0.25) is 4.79 Å². The fourth-order valence-corrected chi connectivity index (χ4v) is 4.88. The zero-order valence-corrected chi connectivity index (χ0v) is 15.9. The number of nitrogen functional groups attached to an aromatic ring is 1. The van der Waals surface area contributed by atoms with Crippen LogP contribution in [0.3, 0.4) is 0 Å². The van der Waals surface area contributed by atoms with Gasteiger partial charge in [-0.25, -0.2) is 8.42 Å². The van der Waals surface area contributed by atoms with E-state index in [9.17, 15) is 13.2 Å². The van der Waals surface area contributed by atoms with E-state index in [2.05, 4.69) is 0 Å². The Balaban J connectivity index is 1.74. The van der Waals surface area contributed by atoms with Crippen molar-refractivity contribution >= 4 is 33.2 Å². The van der Waals surface area contributed by atoms with Gasteiger partial charge in [0.1, 0.15) is 4.90 Å². The Bertz CT molecular complexity index is 938. The number of hydrogen-bond acceptors (Lipinski definition) is 4. The highest BCUT2D eigenvalue weighted by molar-refractivity contribution is 7.89. The fraction of sp³-hybridized carbons (Fsp3) is 0.278. The van der Waals surface area contributed by atoms with Gasteiger partial charge in [-0.15, -0.1) is 0 Å². The first kappa shape index (κ1) is 18.7. The average Bonchev–Trinajstić information content (AvgIpc) is 2.63. The van der Waals surface area contributed by atoms with Gasteiger partial charge in [0.05, 0.1) is 5.02 Å². The van der Waals surface area contributed by atoms with Crippen molar-refractivity contribution in [1.82, 2.24) is 9.21 Å². The number of amides is 1. The third-order valence-corrected chi connectivity index (χ3v) is 6.87. The van der Waals surface area contributed by atoms with Crippen molar-refractivity contribution in [3.63, 3.8) is 0 Å². The standard InChI is InChI=1S/C18H20ClN3O3S/c1-13-6-7-14(20)12-15(13)18(23)21-8-10-22(11-9-21)26(24,25)17-5-3-2-4-16(17)19/h2-7,12H,8-11,20H2,1H3. The van der Waals surface area contributed by atoms with Crippen LogP contribution in [0, 0.1) is 6.92 Å². The molecule has 1 amide bonds. The zero-order chi connectivity index (χ0) is 18.9. The highest BCUT2D eigenvalue weighted by Crippen LogP contribution is 2.25. The lowest BCUT2D eigenvalue weighted by Gasteiger charge is -2.34. The number of sulfonamides is 1. The number of aryl methyl sites for hydroxylation is 1. The second kappa shape index (κ2) is 7.26. The molecule has 0 atom stereocenters. The first-order chi connectivity index (χ1) is 12.3. The zero-order valence-electron chi connectivity index (χ0n) is 14.4. The Kier molecular flexibility index (Phi) is 5.22. The molecule has 2 aromatic rings. The number of piperazine rings is 1. The topological polar surface area (TPSA) is 83.7 Å². The van der Waals surface area contributed by atoms with E-state index in [0.717, 1.165) is 5.56 Å². The number of carbonyl (C=O) groups is 1. The monoisotopic (exact) mass is 393 g/mol. The summed E-state index contributed by atoms with van der Waals surface area (Å²) in [5.41, 5.74) is 7.70. The van der Waals surface area contributed by atoms with Gasteiger partial charge in [0.15, 0.2) is 0 Å². The molecular formula is C18H20ClN3O3S. The van der Waals surface area contributed by atoms with Crippen LogP contribution in [0.15, 0.2) is 47.4 Å². The van der Waals surface area contributed by atoms with Gasteiger partial charge in [-0.1, -0.05) is 29.8 Å². The summed E-state index contributed by atoms with van der Waals surface area (Å²) in [4.78, 5) is 14.5. The van der Waals surface area contributed by atoms with Gasteiger partial charge in [0.25, 0.3) is 5.91 Å². The third-order valence-electron chi connectivity index (χ3n) is 4.47. The lowest BCUT2D eigenvalue weighted by atomic mass is 10.1. The number of hydrogen-bond donors (Lipinski definition) is 1. The number of benzene rings is 2. The number of nitrogens with two attached hydrogens (primary N) is 1. The molecule has 1 saturated heterocycles. The molecule has 2 aromatic carbocycles. The number of rotatable bonds is 3. The fourth-order valence-electron chi connectivity index (χ4n) is 2.96. The van der Waals surface area contributed by atoms with Crippen molar-refractivity contribution in [2.45, 2.75) is 11.8 Å². The molecule has 1 fully saturated rings. The van der Waals surface area contributed by atoms with Crippen LogP contribution in [0.4, 0.5) is 5.69 Å². The molecule has 0 radical (unpaired) electrons. The normalized spacial score (nSPS) is 15.8. The van der Waals surface area contributed by atoms with Crippen LogP contribution < -0.4 is 5.73 Å². The average molecular weight is 394 g/mol. The molecule has 3 rings (SSSR count). The van der Waals surface area contributed by atoms with Gasteiger partial charge in [-0.2, -0.15) is 4.31 Å². The third kappa shape index (κ3) is 3.56. The summed E-state index contributed by atoms with van der Waals surface area (Å²) in [6.07, 6.45) is 0. The van der Waals surface area contributed by atoms with E-state index in [-0.39, 0.29) is 28.9 Å². The molecule has 6 nitrogen and oxygen atoms in total. The van der Waals surface area contributed by atoms with Gasteiger partial charge < -0.3 is 10.6 Å². The van der Waals surface area contributed by atoms with Gasteiger partial charge in [0, 0.05) is 37.4 Å². The second-order valence-corrected chi connectivity index (χ2v) is 8.51. The molecule has 1 aliphatic heterocycles. The predicted molar refractivity (Wildman–Crippen MR) is 102 cm³/mol. The minimum absolute atomic E-state index is 0.0909. The van der Waals surface area contributed by atoms with Crippen molar-refractivity contribution in [3.8, 4) is 0 Å². The number of anilines is 1. The molecule has 26 heavy (non-hydrogen) atoms. The molecule has 0 aliphatic carbocycles. The van der Waals surface area contributed by atoms with Crippen LogP contribution in [-0.4, -0.2) is 49.7 Å². The maximum absolute atomic E-state index is 12.8. The Morgan fingerprint density at radius 2 is 1.73 bits per heavy atom. The Morgan fingerprint density at radius 1 is 1.08 bits per heavy atom. The molecule has 1 aliphatic rings. The smallest absolute Gasteiger partial charge is 0.254 e. The number of halogens is 1. The highest BCUT2D eigenvalue weighted by atomic mass is 35.5. The number of carbonyl (C=O) groups excluding carboxylic acids is 1. The van der Waals surface area contributed by atoms with Crippen LogP contribution >= 0.6 is 11.6 Å². The quantitative estimate of drug-likeness (QED) is 0.811. The van der Waals surface area contributed by atoms with Crippen LogP contribution in [0.25, 0.3) is 0 Å². The van der Waals surface area contributed by atoms with Gasteiger partial charge >= 0.3 is 0 Å². The van der Waals surface area contributed by atoms with Gasteiger partial charge in [0.2, 0.25) is 10.0 Å². The van der Waals surface area contributed by atoms with E-state index >= 15 is 0 Å².